The number of carbonyl (C=O) groups excluding carboxylic acids is 1. The van der Waals surface area contributed by atoms with Gasteiger partial charge in [0.2, 0.25) is 0 Å². The van der Waals surface area contributed by atoms with Crippen LogP contribution in [0.1, 0.15) is 37.0 Å². The Kier molecular flexibility index (Phi) is 4.01. The number of rotatable bonds is 2. The summed E-state index contributed by atoms with van der Waals surface area (Å²) in [5.41, 5.74) is 1.97. The number of aromatic nitrogens is 3. The number of nitrogens with zero attached hydrogens (tertiary/aromatic N) is 3. The van der Waals surface area contributed by atoms with E-state index in [1.807, 2.05) is 0 Å². The van der Waals surface area contributed by atoms with E-state index in [2.05, 4.69) is 36.2 Å². The fraction of sp³-hybridized carbons (Fsp3) is 0.235. The SMILES string of the molecule is CC(C)(C)c1cn2nc(C(=O)Nc3ccc(F)cc3Cl)ccc2n1. The maximum atomic E-state index is 13.1. The van der Waals surface area contributed by atoms with E-state index in [0.29, 0.717) is 11.3 Å². The first-order valence-electron chi connectivity index (χ1n) is 7.37. The molecule has 5 nitrogen and oxygen atoms in total. The minimum Gasteiger partial charge on any atom is -0.319 e. The molecule has 0 spiro atoms. The van der Waals surface area contributed by atoms with Gasteiger partial charge in [0.15, 0.2) is 5.65 Å². The van der Waals surface area contributed by atoms with Crippen LogP contribution in [0, 0.1) is 5.82 Å². The molecule has 0 aliphatic heterocycles. The lowest BCUT2D eigenvalue weighted by Gasteiger charge is -2.13. The summed E-state index contributed by atoms with van der Waals surface area (Å²) in [6, 6.07) is 7.08. The summed E-state index contributed by atoms with van der Waals surface area (Å²) < 4.78 is 14.6. The monoisotopic (exact) mass is 346 g/mol. The van der Waals surface area contributed by atoms with Crippen LogP contribution in [0.15, 0.2) is 36.5 Å². The van der Waals surface area contributed by atoms with Gasteiger partial charge in [0.05, 0.1) is 22.6 Å². The quantitative estimate of drug-likeness (QED) is 0.760. The Morgan fingerprint density at radius 1 is 1.25 bits per heavy atom. The summed E-state index contributed by atoms with van der Waals surface area (Å²) >= 11 is 5.92. The van der Waals surface area contributed by atoms with Gasteiger partial charge >= 0.3 is 0 Å². The molecule has 1 N–H and O–H groups in total. The highest BCUT2D eigenvalue weighted by Gasteiger charge is 2.19. The molecular weight excluding hydrogens is 331 g/mol. The van der Waals surface area contributed by atoms with Crippen molar-refractivity contribution in [3.8, 4) is 0 Å². The van der Waals surface area contributed by atoms with Gasteiger partial charge in [-0.2, -0.15) is 5.10 Å². The molecule has 124 valence electrons. The summed E-state index contributed by atoms with van der Waals surface area (Å²) in [6.45, 7) is 6.16. The van der Waals surface area contributed by atoms with Gasteiger partial charge < -0.3 is 5.32 Å². The van der Waals surface area contributed by atoms with Crippen LogP contribution in [0.2, 0.25) is 5.02 Å². The van der Waals surface area contributed by atoms with Crippen molar-refractivity contribution in [2.75, 3.05) is 5.32 Å². The zero-order valence-electron chi connectivity index (χ0n) is 13.5. The Balaban J connectivity index is 1.89. The second kappa shape index (κ2) is 5.87. The molecule has 0 bridgehead atoms. The van der Waals surface area contributed by atoms with Crippen molar-refractivity contribution in [3.05, 3.63) is 58.8 Å². The molecule has 2 heterocycles. The molecule has 0 saturated heterocycles. The van der Waals surface area contributed by atoms with Crippen molar-refractivity contribution in [2.24, 2.45) is 0 Å². The number of anilines is 1. The highest BCUT2D eigenvalue weighted by atomic mass is 35.5. The number of fused-ring (bicyclic) bond motifs is 1. The minimum absolute atomic E-state index is 0.113. The Labute approximate surface area is 143 Å². The molecular formula is C17H16ClFN4O. The molecule has 1 amide bonds. The van der Waals surface area contributed by atoms with Crippen molar-refractivity contribution in [1.29, 1.82) is 0 Å². The third-order valence-corrected chi connectivity index (χ3v) is 3.81. The maximum Gasteiger partial charge on any atom is 0.276 e. The first-order valence-corrected chi connectivity index (χ1v) is 7.75. The van der Waals surface area contributed by atoms with Crippen molar-refractivity contribution in [2.45, 2.75) is 26.2 Å². The largest absolute Gasteiger partial charge is 0.319 e. The van der Waals surface area contributed by atoms with Crippen LogP contribution in [0.3, 0.4) is 0 Å². The number of benzene rings is 1. The van der Waals surface area contributed by atoms with E-state index in [-0.39, 0.29) is 16.1 Å². The van der Waals surface area contributed by atoms with Crippen molar-refractivity contribution in [1.82, 2.24) is 14.6 Å². The number of imidazole rings is 1. The second-order valence-corrected chi connectivity index (χ2v) is 6.88. The van der Waals surface area contributed by atoms with Crippen LogP contribution < -0.4 is 5.32 Å². The van der Waals surface area contributed by atoms with E-state index < -0.39 is 11.7 Å². The van der Waals surface area contributed by atoms with Crippen molar-refractivity contribution >= 4 is 28.8 Å². The van der Waals surface area contributed by atoms with Gasteiger partial charge in [-0.15, -0.1) is 0 Å². The number of nitrogens with one attached hydrogen (secondary N) is 1. The third-order valence-electron chi connectivity index (χ3n) is 3.50. The molecule has 3 aromatic rings. The maximum absolute atomic E-state index is 13.1. The fourth-order valence-corrected chi connectivity index (χ4v) is 2.36. The topological polar surface area (TPSA) is 59.3 Å². The third kappa shape index (κ3) is 3.23. The second-order valence-electron chi connectivity index (χ2n) is 6.48. The highest BCUT2D eigenvalue weighted by molar-refractivity contribution is 6.33. The normalized spacial score (nSPS) is 11.7. The Morgan fingerprint density at radius 2 is 2.00 bits per heavy atom. The molecule has 24 heavy (non-hydrogen) atoms. The van der Waals surface area contributed by atoms with Crippen LogP contribution in [0.25, 0.3) is 5.65 Å². The Hall–Kier alpha value is -2.47. The Morgan fingerprint density at radius 3 is 2.67 bits per heavy atom. The van der Waals surface area contributed by atoms with Gasteiger partial charge in [-0.3, -0.25) is 4.79 Å². The number of amides is 1. The summed E-state index contributed by atoms with van der Waals surface area (Å²) in [5.74, 6) is -0.901. The lowest BCUT2D eigenvalue weighted by molar-refractivity contribution is 0.102. The molecule has 3 rings (SSSR count). The standard InChI is InChI=1S/C17H16ClFN4O/c1-17(2,3)14-9-23-15(21-14)7-6-13(22-23)16(24)20-12-5-4-10(19)8-11(12)18/h4-9H,1-3H3,(H,20,24). The van der Waals surface area contributed by atoms with E-state index in [0.717, 1.165) is 11.8 Å². The summed E-state index contributed by atoms with van der Waals surface area (Å²) in [6.07, 6.45) is 1.80. The highest BCUT2D eigenvalue weighted by Crippen LogP contribution is 2.23. The predicted molar refractivity (Wildman–Crippen MR) is 91.1 cm³/mol. The van der Waals surface area contributed by atoms with E-state index in [4.69, 9.17) is 11.6 Å². The molecule has 0 fully saturated rings. The first-order chi connectivity index (χ1) is 11.2. The smallest absolute Gasteiger partial charge is 0.276 e. The van der Waals surface area contributed by atoms with E-state index in [1.54, 1.807) is 22.8 Å². The van der Waals surface area contributed by atoms with Crippen molar-refractivity contribution < 1.29 is 9.18 Å². The summed E-state index contributed by atoms with van der Waals surface area (Å²) in [4.78, 5) is 16.8. The minimum atomic E-state index is -0.467. The van der Waals surface area contributed by atoms with Gasteiger partial charge in [-0.05, 0) is 30.3 Å². The first kappa shape index (κ1) is 16.4. The lowest BCUT2D eigenvalue weighted by Crippen LogP contribution is -2.15. The molecule has 2 aromatic heterocycles. The van der Waals surface area contributed by atoms with Gasteiger partial charge in [0, 0.05) is 5.41 Å². The predicted octanol–water partition coefficient (Wildman–Crippen LogP) is 4.07. The molecule has 0 saturated carbocycles. The Bertz CT molecular complexity index is 930. The van der Waals surface area contributed by atoms with Crippen LogP contribution in [0.5, 0.6) is 0 Å². The number of hydrogen-bond donors (Lipinski definition) is 1. The van der Waals surface area contributed by atoms with Crippen LogP contribution in [-0.2, 0) is 5.41 Å². The number of carbonyl (C=O) groups is 1. The van der Waals surface area contributed by atoms with Crippen LogP contribution in [0.4, 0.5) is 10.1 Å². The molecule has 0 aliphatic rings. The van der Waals surface area contributed by atoms with Gasteiger partial charge in [0.1, 0.15) is 11.5 Å². The average Bonchev–Trinajstić information content (AvgIpc) is 2.93. The zero-order valence-corrected chi connectivity index (χ0v) is 14.2. The van der Waals surface area contributed by atoms with E-state index >= 15 is 0 Å². The number of hydrogen-bond acceptors (Lipinski definition) is 3. The summed E-state index contributed by atoms with van der Waals surface area (Å²) in [7, 11) is 0. The molecule has 1 aromatic carbocycles. The molecule has 0 radical (unpaired) electrons. The van der Waals surface area contributed by atoms with E-state index in [9.17, 15) is 9.18 Å². The van der Waals surface area contributed by atoms with Gasteiger partial charge in [0.25, 0.3) is 5.91 Å². The molecule has 7 heteroatoms. The summed E-state index contributed by atoms with van der Waals surface area (Å²) in [5, 5.41) is 7.03. The van der Waals surface area contributed by atoms with Gasteiger partial charge in [-0.1, -0.05) is 32.4 Å². The zero-order chi connectivity index (χ0) is 17.5. The molecule has 0 atom stereocenters. The molecule has 0 unspecified atom stereocenters. The lowest BCUT2D eigenvalue weighted by atomic mass is 9.93. The number of halogens is 2. The fourth-order valence-electron chi connectivity index (χ4n) is 2.14. The van der Waals surface area contributed by atoms with Gasteiger partial charge in [-0.25, -0.2) is 13.9 Å². The van der Waals surface area contributed by atoms with Crippen LogP contribution in [-0.4, -0.2) is 20.5 Å². The average molecular weight is 347 g/mol. The van der Waals surface area contributed by atoms with Crippen molar-refractivity contribution in [3.63, 3.8) is 0 Å². The molecule has 0 aliphatic carbocycles. The van der Waals surface area contributed by atoms with Crippen LogP contribution >= 0.6 is 11.6 Å². The van der Waals surface area contributed by atoms with E-state index in [1.165, 1.54) is 12.1 Å².